The van der Waals surface area contributed by atoms with Gasteiger partial charge in [-0.1, -0.05) is 44.2 Å². The Labute approximate surface area is 188 Å². The number of rotatable bonds is 9. The van der Waals surface area contributed by atoms with E-state index in [9.17, 15) is 9.59 Å². The molecule has 7 heteroatoms. The molecule has 0 aliphatic rings. The summed E-state index contributed by atoms with van der Waals surface area (Å²) < 4.78 is 10.2. The van der Waals surface area contributed by atoms with Gasteiger partial charge in [-0.15, -0.1) is 0 Å². The average molecular weight is 438 g/mol. The second-order valence-corrected chi connectivity index (χ2v) is 7.95. The molecule has 0 radical (unpaired) electrons. The largest absolute Gasteiger partial charge is 0.497 e. The number of hydrogen-bond acceptors (Lipinski definition) is 4. The van der Waals surface area contributed by atoms with E-state index in [1.807, 2.05) is 62.5 Å². The van der Waals surface area contributed by atoms with Crippen molar-refractivity contribution in [2.24, 2.45) is 5.92 Å². The van der Waals surface area contributed by atoms with Crippen LogP contribution in [0.5, 0.6) is 5.75 Å². The van der Waals surface area contributed by atoms with Crippen molar-refractivity contribution < 1.29 is 19.1 Å². The summed E-state index contributed by atoms with van der Waals surface area (Å²) in [5.74, 6) is 0.351. The summed E-state index contributed by atoms with van der Waals surface area (Å²) >= 11 is 0. The number of benzene rings is 2. The van der Waals surface area contributed by atoms with E-state index in [1.54, 1.807) is 14.0 Å². The molecule has 1 heterocycles. The SMILES string of the molecule is CCOC(=O)NC(C(=O)NCC(c1ccc(OC)cc1)c1c[nH]c2ccccc12)C(C)C. The quantitative estimate of drug-likeness (QED) is 0.468. The van der Waals surface area contributed by atoms with E-state index in [0.29, 0.717) is 6.54 Å². The highest BCUT2D eigenvalue weighted by atomic mass is 16.5. The van der Waals surface area contributed by atoms with Gasteiger partial charge in [0.2, 0.25) is 5.91 Å². The van der Waals surface area contributed by atoms with E-state index in [4.69, 9.17) is 9.47 Å². The predicted octanol–water partition coefficient (Wildman–Crippen LogP) is 4.20. The van der Waals surface area contributed by atoms with Crippen LogP contribution in [0.1, 0.15) is 37.8 Å². The van der Waals surface area contributed by atoms with Gasteiger partial charge in [0.1, 0.15) is 11.8 Å². The number of H-pyrrole nitrogens is 1. The fourth-order valence-electron chi connectivity index (χ4n) is 3.77. The highest BCUT2D eigenvalue weighted by molar-refractivity contribution is 5.87. The number of carbonyl (C=O) groups excluding carboxylic acids is 2. The highest BCUT2D eigenvalue weighted by Crippen LogP contribution is 2.31. The van der Waals surface area contributed by atoms with E-state index in [2.05, 4.69) is 21.7 Å². The second kappa shape index (κ2) is 10.7. The fourth-order valence-corrected chi connectivity index (χ4v) is 3.77. The first-order valence-corrected chi connectivity index (χ1v) is 10.9. The average Bonchev–Trinajstić information content (AvgIpc) is 3.22. The molecule has 0 saturated carbocycles. The zero-order valence-electron chi connectivity index (χ0n) is 19.0. The molecule has 7 nitrogen and oxygen atoms in total. The Morgan fingerprint density at radius 3 is 2.44 bits per heavy atom. The molecule has 2 amide bonds. The molecule has 3 N–H and O–H groups in total. The Balaban J connectivity index is 1.85. The smallest absolute Gasteiger partial charge is 0.407 e. The lowest BCUT2D eigenvalue weighted by molar-refractivity contribution is -0.124. The minimum atomic E-state index is -0.687. The molecular weight excluding hydrogens is 406 g/mol. The van der Waals surface area contributed by atoms with Crippen LogP contribution in [-0.4, -0.2) is 43.3 Å². The van der Waals surface area contributed by atoms with Crippen molar-refractivity contribution in [1.29, 1.82) is 0 Å². The number of para-hydroxylation sites is 1. The van der Waals surface area contributed by atoms with Crippen LogP contribution in [0, 0.1) is 5.92 Å². The summed E-state index contributed by atoms with van der Waals surface area (Å²) in [7, 11) is 1.63. The van der Waals surface area contributed by atoms with Crippen molar-refractivity contribution in [2.75, 3.05) is 20.3 Å². The van der Waals surface area contributed by atoms with Crippen LogP contribution in [0.25, 0.3) is 10.9 Å². The van der Waals surface area contributed by atoms with Gasteiger partial charge >= 0.3 is 6.09 Å². The van der Waals surface area contributed by atoms with Crippen molar-refractivity contribution in [1.82, 2.24) is 15.6 Å². The van der Waals surface area contributed by atoms with Crippen molar-refractivity contribution in [2.45, 2.75) is 32.7 Å². The number of aromatic nitrogens is 1. The maximum atomic E-state index is 13.0. The number of fused-ring (bicyclic) bond motifs is 1. The van der Waals surface area contributed by atoms with Gasteiger partial charge in [0, 0.05) is 29.6 Å². The van der Waals surface area contributed by atoms with Gasteiger partial charge in [0.05, 0.1) is 13.7 Å². The summed E-state index contributed by atoms with van der Waals surface area (Å²) in [6.45, 7) is 6.12. The molecule has 3 aromatic rings. The number of ether oxygens (including phenoxy) is 2. The Hall–Kier alpha value is -3.48. The summed E-state index contributed by atoms with van der Waals surface area (Å²) in [6, 6.07) is 15.2. The number of alkyl carbamates (subject to hydrolysis) is 1. The van der Waals surface area contributed by atoms with E-state index in [1.165, 1.54) is 0 Å². The summed E-state index contributed by atoms with van der Waals surface area (Å²) in [6.07, 6.45) is 1.40. The number of hydrogen-bond donors (Lipinski definition) is 3. The number of methoxy groups -OCH3 is 1. The van der Waals surface area contributed by atoms with Crippen LogP contribution in [0.2, 0.25) is 0 Å². The number of amides is 2. The standard InChI is InChI=1S/C25H31N3O4/c1-5-32-25(30)28-23(16(2)3)24(29)27-14-20(17-10-12-18(31-4)13-11-17)21-15-26-22-9-7-6-8-19(21)22/h6-13,15-16,20,23,26H,5,14H2,1-4H3,(H,27,29)(H,28,30). The summed E-state index contributed by atoms with van der Waals surface area (Å²) in [5, 5.41) is 6.81. The molecule has 0 bridgehead atoms. The first kappa shape index (κ1) is 23.2. The molecule has 3 rings (SSSR count). The molecule has 0 aliphatic carbocycles. The number of nitrogens with one attached hydrogen (secondary N) is 3. The first-order valence-electron chi connectivity index (χ1n) is 10.9. The van der Waals surface area contributed by atoms with Gasteiger partial charge in [-0.2, -0.15) is 0 Å². The van der Waals surface area contributed by atoms with Gasteiger partial charge in [-0.05, 0) is 42.2 Å². The fraction of sp³-hybridized carbons (Fsp3) is 0.360. The lowest BCUT2D eigenvalue weighted by Gasteiger charge is -2.24. The van der Waals surface area contributed by atoms with E-state index < -0.39 is 12.1 Å². The van der Waals surface area contributed by atoms with Crippen molar-refractivity contribution in [3.8, 4) is 5.75 Å². The molecular formula is C25H31N3O4. The van der Waals surface area contributed by atoms with Crippen molar-refractivity contribution in [3.63, 3.8) is 0 Å². The van der Waals surface area contributed by atoms with Crippen LogP contribution in [-0.2, 0) is 9.53 Å². The Kier molecular flexibility index (Phi) is 7.76. The first-order chi connectivity index (χ1) is 15.4. The zero-order valence-corrected chi connectivity index (χ0v) is 19.0. The van der Waals surface area contributed by atoms with Crippen molar-refractivity contribution in [3.05, 3.63) is 65.9 Å². The third-order valence-corrected chi connectivity index (χ3v) is 5.49. The van der Waals surface area contributed by atoms with Crippen LogP contribution in [0.15, 0.2) is 54.7 Å². The molecule has 2 unspecified atom stereocenters. The maximum Gasteiger partial charge on any atom is 0.407 e. The Bertz CT molecular complexity index is 1040. The molecule has 0 aliphatic heterocycles. The van der Waals surface area contributed by atoms with Crippen molar-refractivity contribution >= 4 is 22.9 Å². The minimum absolute atomic E-state index is 0.0867. The molecule has 2 aromatic carbocycles. The van der Waals surface area contributed by atoms with Gasteiger partial charge in [-0.25, -0.2) is 4.79 Å². The third kappa shape index (κ3) is 5.41. The van der Waals surface area contributed by atoms with Gasteiger partial charge in [-0.3, -0.25) is 4.79 Å². The van der Waals surface area contributed by atoms with E-state index in [0.717, 1.165) is 27.8 Å². The monoisotopic (exact) mass is 437 g/mol. The van der Waals surface area contributed by atoms with Crippen LogP contribution in [0.4, 0.5) is 4.79 Å². The van der Waals surface area contributed by atoms with Gasteiger partial charge < -0.3 is 25.1 Å². The molecule has 2 atom stereocenters. The Morgan fingerprint density at radius 2 is 1.78 bits per heavy atom. The molecule has 0 saturated heterocycles. The third-order valence-electron chi connectivity index (χ3n) is 5.49. The molecule has 170 valence electrons. The Morgan fingerprint density at radius 1 is 1.06 bits per heavy atom. The van der Waals surface area contributed by atoms with Crippen LogP contribution in [0.3, 0.4) is 0 Å². The predicted molar refractivity (Wildman–Crippen MR) is 125 cm³/mol. The lowest BCUT2D eigenvalue weighted by Crippen LogP contribution is -2.50. The van der Waals surface area contributed by atoms with E-state index in [-0.39, 0.29) is 24.3 Å². The van der Waals surface area contributed by atoms with Crippen LogP contribution >= 0.6 is 0 Å². The molecule has 0 spiro atoms. The summed E-state index contributed by atoms with van der Waals surface area (Å²) in [5.41, 5.74) is 3.18. The van der Waals surface area contributed by atoms with Crippen LogP contribution < -0.4 is 15.4 Å². The molecule has 1 aromatic heterocycles. The molecule has 0 fully saturated rings. The van der Waals surface area contributed by atoms with Gasteiger partial charge in [0.15, 0.2) is 0 Å². The maximum absolute atomic E-state index is 13.0. The number of aromatic amines is 1. The zero-order chi connectivity index (χ0) is 23.1. The highest BCUT2D eigenvalue weighted by Gasteiger charge is 2.26. The summed E-state index contributed by atoms with van der Waals surface area (Å²) in [4.78, 5) is 28.2. The minimum Gasteiger partial charge on any atom is -0.497 e. The lowest BCUT2D eigenvalue weighted by atomic mass is 9.90. The number of carbonyl (C=O) groups is 2. The molecule has 32 heavy (non-hydrogen) atoms. The normalized spacial score (nSPS) is 12.9. The second-order valence-electron chi connectivity index (χ2n) is 7.95. The van der Waals surface area contributed by atoms with Gasteiger partial charge in [0.25, 0.3) is 0 Å². The van der Waals surface area contributed by atoms with E-state index >= 15 is 0 Å². The topological polar surface area (TPSA) is 92.4 Å².